The zero-order valence-electron chi connectivity index (χ0n) is 17.1. The molecule has 8 nitrogen and oxygen atoms in total. The number of carbonyl (C=O) groups excluding carboxylic acids is 1. The highest BCUT2D eigenvalue weighted by atomic mass is 32.2. The average Bonchev–Trinajstić information content (AvgIpc) is 3.44. The van der Waals surface area contributed by atoms with E-state index in [2.05, 4.69) is 30.9 Å². The van der Waals surface area contributed by atoms with Crippen LogP contribution in [0.5, 0.6) is 5.75 Å². The number of ether oxygens (including phenoxy) is 1. The molecule has 0 unspecified atom stereocenters. The van der Waals surface area contributed by atoms with Crippen LogP contribution in [-0.4, -0.2) is 38.8 Å². The van der Waals surface area contributed by atoms with Crippen LogP contribution in [0.3, 0.4) is 0 Å². The Morgan fingerprint density at radius 3 is 2.66 bits per heavy atom. The topological polar surface area (TPSA) is 105 Å². The molecule has 5 rings (SSSR count). The Hall–Kier alpha value is -3.98. The molecule has 0 radical (unpaired) electrons. The van der Waals surface area contributed by atoms with Crippen LogP contribution in [0.25, 0.3) is 16.8 Å². The molecule has 3 aromatic carbocycles. The van der Waals surface area contributed by atoms with Gasteiger partial charge in [-0.15, -0.1) is 10.2 Å². The molecule has 0 spiro atoms. The number of H-pyrrole nitrogens is 1. The first-order valence-corrected chi connectivity index (χ1v) is 10.7. The number of hydrogen-bond donors (Lipinski definition) is 2. The highest BCUT2D eigenvalue weighted by molar-refractivity contribution is 8.18. The van der Waals surface area contributed by atoms with E-state index in [0.717, 1.165) is 33.3 Å². The normalized spacial score (nSPS) is 16.1. The van der Waals surface area contributed by atoms with Gasteiger partial charge in [-0.25, -0.2) is 4.99 Å². The lowest BCUT2D eigenvalue weighted by molar-refractivity contribution is -0.115. The maximum atomic E-state index is 12.4. The Morgan fingerprint density at radius 2 is 1.88 bits per heavy atom. The third kappa shape index (κ3) is 4.37. The largest absolute Gasteiger partial charge is 0.497 e. The van der Waals surface area contributed by atoms with Gasteiger partial charge in [0.1, 0.15) is 5.75 Å². The Labute approximate surface area is 187 Å². The van der Waals surface area contributed by atoms with Gasteiger partial charge in [-0.1, -0.05) is 35.5 Å². The summed E-state index contributed by atoms with van der Waals surface area (Å²) in [5.41, 5.74) is 2.76. The zero-order valence-corrected chi connectivity index (χ0v) is 17.9. The minimum atomic E-state index is -0.155. The van der Waals surface area contributed by atoms with Gasteiger partial charge in [0, 0.05) is 6.42 Å². The number of carbonyl (C=O) groups is 1. The van der Waals surface area contributed by atoms with Gasteiger partial charge in [-0.05, 0) is 70.1 Å². The molecular weight excluding hydrogens is 424 g/mol. The van der Waals surface area contributed by atoms with Gasteiger partial charge in [-0.2, -0.15) is 5.21 Å². The third-order valence-electron chi connectivity index (χ3n) is 4.94. The molecule has 1 aliphatic heterocycles. The van der Waals surface area contributed by atoms with E-state index in [4.69, 9.17) is 4.74 Å². The summed E-state index contributed by atoms with van der Waals surface area (Å²) >= 11 is 1.33. The zero-order chi connectivity index (χ0) is 21.9. The highest BCUT2D eigenvalue weighted by Crippen LogP contribution is 2.29. The van der Waals surface area contributed by atoms with Gasteiger partial charge >= 0.3 is 0 Å². The fourth-order valence-electron chi connectivity index (χ4n) is 3.34. The van der Waals surface area contributed by atoms with E-state index >= 15 is 0 Å². The lowest BCUT2D eigenvalue weighted by Crippen LogP contribution is -2.19. The van der Waals surface area contributed by atoms with Crippen LogP contribution in [0.1, 0.15) is 17.0 Å². The van der Waals surface area contributed by atoms with Gasteiger partial charge in [-0.3, -0.25) is 4.79 Å². The summed E-state index contributed by atoms with van der Waals surface area (Å²) in [6.45, 7) is 0. The van der Waals surface area contributed by atoms with E-state index in [1.807, 2.05) is 66.7 Å². The van der Waals surface area contributed by atoms with Gasteiger partial charge in [0.05, 0.1) is 17.7 Å². The van der Waals surface area contributed by atoms with Gasteiger partial charge in [0.25, 0.3) is 5.91 Å². The number of thioether (sulfide) groups is 1. The van der Waals surface area contributed by atoms with Crippen LogP contribution in [-0.2, 0) is 11.2 Å². The number of tetrazole rings is 1. The van der Waals surface area contributed by atoms with Crippen molar-refractivity contribution in [3.05, 3.63) is 82.5 Å². The number of benzene rings is 3. The maximum absolute atomic E-state index is 12.4. The molecule has 4 aromatic rings. The molecule has 0 saturated carbocycles. The molecule has 1 aromatic heterocycles. The molecule has 0 atom stereocenters. The SMILES string of the molecule is COc1ccc2cc(C=C3SC(=Nc4ccc(Cc5nn[nH]n5)cc4)NC3=O)ccc2c1. The number of aromatic nitrogens is 4. The lowest BCUT2D eigenvalue weighted by atomic mass is 10.1. The number of amidine groups is 1. The number of rotatable bonds is 5. The Bertz CT molecular complexity index is 1350. The molecular formula is C23H18N6O2S. The van der Waals surface area contributed by atoms with E-state index in [1.165, 1.54) is 11.8 Å². The molecule has 1 aliphatic rings. The van der Waals surface area contributed by atoms with Crippen molar-refractivity contribution >= 4 is 45.4 Å². The number of aromatic amines is 1. The number of hydrogen-bond acceptors (Lipinski definition) is 7. The smallest absolute Gasteiger partial charge is 0.264 e. The van der Waals surface area contributed by atoms with Crippen molar-refractivity contribution in [2.45, 2.75) is 6.42 Å². The Kier molecular flexibility index (Phi) is 5.39. The van der Waals surface area contributed by atoms with Crippen molar-refractivity contribution in [2.75, 3.05) is 7.11 Å². The minimum absolute atomic E-state index is 0.155. The van der Waals surface area contributed by atoms with Crippen LogP contribution in [0, 0.1) is 0 Å². The quantitative estimate of drug-likeness (QED) is 0.455. The molecule has 2 N–H and O–H groups in total. The van der Waals surface area contributed by atoms with Crippen LogP contribution in [0.4, 0.5) is 5.69 Å². The van der Waals surface area contributed by atoms with Crippen LogP contribution in [0.2, 0.25) is 0 Å². The van der Waals surface area contributed by atoms with Gasteiger partial charge < -0.3 is 10.1 Å². The van der Waals surface area contributed by atoms with Crippen LogP contribution < -0.4 is 10.1 Å². The van der Waals surface area contributed by atoms with E-state index in [1.54, 1.807) is 7.11 Å². The van der Waals surface area contributed by atoms with Crippen molar-refractivity contribution < 1.29 is 9.53 Å². The summed E-state index contributed by atoms with van der Waals surface area (Å²) in [5.74, 6) is 1.29. The number of methoxy groups -OCH3 is 1. The number of nitrogens with zero attached hydrogens (tertiary/aromatic N) is 4. The highest BCUT2D eigenvalue weighted by Gasteiger charge is 2.23. The van der Waals surface area contributed by atoms with Crippen molar-refractivity contribution in [1.82, 2.24) is 25.9 Å². The summed E-state index contributed by atoms with van der Waals surface area (Å²) in [6, 6.07) is 19.7. The van der Waals surface area contributed by atoms with Crippen LogP contribution in [0.15, 0.2) is 70.6 Å². The molecule has 158 valence electrons. The Balaban J connectivity index is 1.31. The predicted molar refractivity (Wildman–Crippen MR) is 125 cm³/mol. The Morgan fingerprint density at radius 1 is 1.06 bits per heavy atom. The maximum Gasteiger partial charge on any atom is 0.264 e. The molecule has 1 fully saturated rings. The van der Waals surface area contributed by atoms with E-state index in [0.29, 0.717) is 22.3 Å². The fraction of sp³-hybridized carbons (Fsp3) is 0.0870. The second kappa shape index (κ2) is 8.64. The minimum Gasteiger partial charge on any atom is -0.497 e. The summed E-state index contributed by atoms with van der Waals surface area (Å²) in [6.07, 6.45) is 2.46. The van der Waals surface area contributed by atoms with Crippen molar-refractivity contribution in [2.24, 2.45) is 4.99 Å². The third-order valence-corrected chi connectivity index (χ3v) is 5.85. The second-order valence-electron chi connectivity index (χ2n) is 7.13. The molecule has 2 heterocycles. The first-order chi connectivity index (χ1) is 15.7. The molecule has 1 saturated heterocycles. The van der Waals surface area contributed by atoms with E-state index in [9.17, 15) is 4.79 Å². The molecule has 0 aliphatic carbocycles. The van der Waals surface area contributed by atoms with Gasteiger partial charge in [0.15, 0.2) is 11.0 Å². The standard InChI is InChI=1S/C23H18N6O2S/c1-31-19-9-6-16-10-15(2-5-17(16)13-19)11-20-22(30)25-23(32-20)24-18-7-3-14(4-8-18)12-21-26-28-29-27-21/h2-11,13H,12H2,1H3,(H,24,25,30)(H,26,27,28,29). The van der Waals surface area contributed by atoms with Gasteiger partial charge in [0.2, 0.25) is 0 Å². The monoisotopic (exact) mass is 442 g/mol. The van der Waals surface area contributed by atoms with E-state index < -0.39 is 0 Å². The van der Waals surface area contributed by atoms with E-state index in [-0.39, 0.29) is 5.91 Å². The molecule has 9 heteroatoms. The summed E-state index contributed by atoms with van der Waals surface area (Å²) < 4.78 is 5.27. The molecule has 1 amide bonds. The molecule has 32 heavy (non-hydrogen) atoms. The summed E-state index contributed by atoms with van der Waals surface area (Å²) in [5, 5.41) is 19.5. The predicted octanol–water partition coefficient (Wildman–Crippen LogP) is 3.84. The summed E-state index contributed by atoms with van der Waals surface area (Å²) in [4.78, 5) is 17.6. The fourth-order valence-corrected chi connectivity index (χ4v) is 4.18. The lowest BCUT2D eigenvalue weighted by Gasteiger charge is -2.03. The number of amides is 1. The second-order valence-corrected chi connectivity index (χ2v) is 8.16. The number of aliphatic imine (C=N–C) groups is 1. The first kappa shape index (κ1) is 20.0. The number of nitrogens with one attached hydrogen (secondary N) is 2. The first-order valence-electron chi connectivity index (χ1n) is 9.85. The number of fused-ring (bicyclic) bond motifs is 1. The van der Waals surface area contributed by atoms with Crippen LogP contribution >= 0.6 is 11.8 Å². The average molecular weight is 443 g/mol. The van der Waals surface area contributed by atoms with Crippen molar-refractivity contribution in [3.8, 4) is 5.75 Å². The molecule has 0 bridgehead atoms. The van der Waals surface area contributed by atoms with Crippen molar-refractivity contribution in [3.63, 3.8) is 0 Å². The summed E-state index contributed by atoms with van der Waals surface area (Å²) in [7, 11) is 1.65. The van der Waals surface area contributed by atoms with Crippen molar-refractivity contribution in [1.29, 1.82) is 0 Å².